The Balaban J connectivity index is 2.82. The number of aromatic nitrogens is 1. The molecular formula is C14H24N4O. The zero-order valence-electron chi connectivity index (χ0n) is 12.4. The predicted molar refractivity (Wildman–Crippen MR) is 78.2 cm³/mol. The average Bonchev–Trinajstić information content (AvgIpc) is 2.26. The molecule has 3 N–H and O–H groups in total. The van der Waals surface area contributed by atoms with E-state index in [0.29, 0.717) is 11.4 Å². The lowest BCUT2D eigenvalue weighted by molar-refractivity contribution is 0.0934. The van der Waals surface area contributed by atoms with Crippen molar-refractivity contribution in [2.24, 2.45) is 0 Å². The van der Waals surface area contributed by atoms with Crippen LogP contribution in [0.4, 0.5) is 5.82 Å². The normalized spacial score (nSPS) is 12.8. The third-order valence-electron chi connectivity index (χ3n) is 2.74. The number of nitrogen functional groups attached to an aromatic ring is 1. The van der Waals surface area contributed by atoms with Gasteiger partial charge in [0.1, 0.15) is 5.82 Å². The number of pyridine rings is 1. The zero-order valence-corrected chi connectivity index (χ0v) is 12.4. The van der Waals surface area contributed by atoms with Gasteiger partial charge in [0.05, 0.1) is 0 Å². The van der Waals surface area contributed by atoms with Crippen LogP contribution in [0.1, 0.15) is 42.7 Å². The van der Waals surface area contributed by atoms with E-state index in [-0.39, 0.29) is 17.9 Å². The second-order valence-electron chi connectivity index (χ2n) is 5.50. The lowest BCUT2D eigenvalue weighted by Crippen LogP contribution is -2.39. The van der Waals surface area contributed by atoms with Crippen molar-refractivity contribution in [2.75, 3.05) is 26.4 Å². The van der Waals surface area contributed by atoms with Crippen molar-refractivity contribution in [3.05, 3.63) is 23.4 Å². The minimum atomic E-state index is -0.106. The number of hydrogen-bond donors (Lipinski definition) is 2. The molecule has 5 heteroatoms. The highest BCUT2D eigenvalue weighted by Gasteiger charge is 2.13. The summed E-state index contributed by atoms with van der Waals surface area (Å²) >= 11 is 0. The van der Waals surface area contributed by atoms with Gasteiger partial charge in [0.15, 0.2) is 0 Å². The van der Waals surface area contributed by atoms with Gasteiger partial charge in [-0.3, -0.25) is 4.79 Å². The lowest BCUT2D eigenvalue weighted by Gasteiger charge is -2.18. The Hall–Kier alpha value is -1.62. The number of carbonyl (C=O) groups excluding carboxylic acids is 1. The minimum Gasteiger partial charge on any atom is -0.384 e. The van der Waals surface area contributed by atoms with Crippen LogP contribution in [0.2, 0.25) is 0 Å². The molecule has 0 spiro atoms. The fourth-order valence-electron chi connectivity index (χ4n) is 1.90. The molecule has 0 saturated heterocycles. The molecule has 1 aromatic heterocycles. The Labute approximate surface area is 115 Å². The van der Waals surface area contributed by atoms with Gasteiger partial charge < -0.3 is 16.0 Å². The maximum Gasteiger partial charge on any atom is 0.251 e. The van der Waals surface area contributed by atoms with E-state index in [9.17, 15) is 4.79 Å². The van der Waals surface area contributed by atoms with Crippen LogP contribution in [-0.4, -0.2) is 42.5 Å². The van der Waals surface area contributed by atoms with Crippen molar-refractivity contribution in [1.29, 1.82) is 0 Å². The standard InChI is InChI=1S/C14H24N4O/c1-9(2)12-6-11(7-13(15)17-12)14(19)16-10(3)8-18(4)5/h6-7,9-10H,8H2,1-5H3,(H2,15,17)(H,16,19). The molecule has 0 aliphatic rings. The van der Waals surface area contributed by atoms with Gasteiger partial charge in [-0.25, -0.2) is 4.98 Å². The van der Waals surface area contributed by atoms with Gasteiger partial charge in [-0.2, -0.15) is 0 Å². The number of rotatable bonds is 5. The van der Waals surface area contributed by atoms with Gasteiger partial charge in [-0.15, -0.1) is 0 Å². The molecule has 0 aliphatic heterocycles. The summed E-state index contributed by atoms with van der Waals surface area (Å²) in [5, 5.41) is 2.96. The highest BCUT2D eigenvalue weighted by Crippen LogP contribution is 2.16. The van der Waals surface area contributed by atoms with E-state index in [1.807, 2.05) is 39.8 Å². The SMILES string of the molecule is CC(CN(C)C)NC(=O)c1cc(N)nc(C(C)C)c1. The summed E-state index contributed by atoms with van der Waals surface area (Å²) in [7, 11) is 3.95. The summed E-state index contributed by atoms with van der Waals surface area (Å²) in [5.41, 5.74) is 7.16. The summed E-state index contributed by atoms with van der Waals surface area (Å²) in [6.45, 7) is 6.82. The molecule has 0 fully saturated rings. The number of carbonyl (C=O) groups is 1. The smallest absolute Gasteiger partial charge is 0.251 e. The van der Waals surface area contributed by atoms with E-state index >= 15 is 0 Å². The lowest BCUT2D eigenvalue weighted by atomic mass is 10.1. The van der Waals surface area contributed by atoms with Crippen LogP contribution in [0, 0.1) is 0 Å². The topological polar surface area (TPSA) is 71.2 Å². The van der Waals surface area contributed by atoms with Crippen LogP contribution in [0.15, 0.2) is 12.1 Å². The quantitative estimate of drug-likeness (QED) is 0.844. The van der Waals surface area contributed by atoms with Gasteiger partial charge in [0, 0.05) is 23.8 Å². The van der Waals surface area contributed by atoms with Crippen LogP contribution >= 0.6 is 0 Å². The molecule has 0 bridgehead atoms. The Bertz CT molecular complexity index is 443. The molecule has 0 radical (unpaired) electrons. The van der Waals surface area contributed by atoms with Crippen LogP contribution in [-0.2, 0) is 0 Å². The third kappa shape index (κ3) is 4.87. The molecule has 19 heavy (non-hydrogen) atoms. The maximum absolute atomic E-state index is 12.2. The van der Waals surface area contributed by atoms with E-state index in [2.05, 4.69) is 10.3 Å². The van der Waals surface area contributed by atoms with E-state index in [0.717, 1.165) is 12.2 Å². The molecule has 1 unspecified atom stereocenters. The number of amides is 1. The van der Waals surface area contributed by atoms with Gasteiger partial charge in [0.25, 0.3) is 5.91 Å². The Kier molecular flexibility index (Phi) is 5.30. The molecule has 1 rings (SSSR count). The van der Waals surface area contributed by atoms with Crippen molar-refractivity contribution in [2.45, 2.75) is 32.7 Å². The molecule has 0 aromatic carbocycles. The predicted octanol–water partition coefficient (Wildman–Crippen LogP) is 1.47. The van der Waals surface area contributed by atoms with Crippen molar-refractivity contribution in [1.82, 2.24) is 15.2 Å². The maximum atomic E-state index is 12.2. The van der Waals surface area contributed by atoms with Crippen molar-refractivity contribution >= 4 is 11.7 Å². The number of hydrogen-bond acceptors (Lipinski definition) is 4. The minimum absolute atomic E-state index is 0.0828. The van der Waals surface area contributed by atoms with Crippen molar-refractivity contribution in [3.8, 4) is 0 Å². The molecule has 1 atom stereocenters. The highest BCUT2D eigenvalue weighted by molar-refractivity contribution is 5.95. The van der Waals surface area contributed by atoms with E-state index < -0.39 is 0 Å². The van der Waals surface area contributed by atoms with Crippen LogP contribution in [0.5, 0.6) is 0 Å². The average molecular weight is 264 g/mol. The van der Waals surface area contributed by atoms with E-state index in [4.69, 9.17) is 5.73 Å². The Morgan fingerprint density at radius 1 is 1.37 bits per heavy atom. The fraction of sp³-hybridized carbons (Fsp3) is 0.571. The van der Waals surface area contributed by atoms with Gasteiger partial charge in [0.2, 0.25) is 0 Å². The monoisotopic (exact) mass is 264 g/mol. The van der Waals surface area contributed by atoms with Crippen molar-refractivity contribution < 1.29 is 4.79 Å². The first kappa shape index (κ1) is 15.4. The molecule has 5 nitrogen and oxygen atoms in total. The summed E-state index contributed by atoms with van der Waals surface area (Å²) in [6.07, 6.45) is 0. The third-order valence-corrected chi connectivity index (χ3v) is 2.74. The van der Waals surface area contributed by atoms with E-state index in [1.54, 1.807) is 12.1 Å². The van der Waals surface area contributed by atoms with Crippen LogP contribution in [0.3, 0.4) is 0 Å². The highest BCUT2D eigenvalue weighted by atomic mass is 16.1. The first-order valence-corrected chi connectivity index (χ1v) is 6.52. The number of nitrogens with zero attached hydrogens (tertiary/aromatic N) is 2. The second-order valence-corrected chi connectivity index (χ2v) is 5.50. The molecule has 1 amide bonds. The number of anilines is 1. The van der Waals surface area contributed by atoms with Gasteiger partial charge >= 0.3 is 0 Å². The number of likely N-dealkylation sites (N-methyl/N-ethyl adjacent to an activating group) is 1. The number of nitrogens with two attached hydrogens (primary N) is 1. The first-order valence-electron chi connectivity index (χ1n) is 6.52. The molecule has 1 heterocycles. The zero-order chi connectivity index (χ0) is 14.6. The molecule has 0 aliphatic carbocycles. The molecule has 1 aromatic rings. The van der Waals surface area contributed by atoms with Crippen molar-refractivity contribution in [3.63, 3.8) is 0 Å². The van der Waals surface area contributed by atoms with Crippen LogP contribution in [0.25, 0.3) is 0 Å². The molecule has 0 saturated carbocycles. The summed E-state index contributed by atoms with van der Waals surface area (Å²) < 4.78 is 0. The molecular weight excluding hydrogens is 240 g/mol. The van der Waals surface area contributed by atoms with Gasteiger partial charge in [-0.1, -0.05) is 13.8 Å². The number of nitrogens with one attached hydrogen (secondary N) is 1. The summed E-state index contributed by atoms with van der Waals surface area (Å²) in [5.74, 6) is 0.524. The largest absolute Gasteiger partial charge is 0.384 e. The van der Waals surface area contributed by atoms with E-state index in [1.165, 1.54) is 0 Å². The Morgan fingerprint density at radius 2 is 2.00 bits per heavy atom. The second kappa shape index (κ2) is 6.52. The molecule has 106 valence electrons. The first-order chi connectivity index (χ1) is 8.79. The summed E-state index contributed by atoms with van der Waals surface area (Å²) in [6, 6.07) is 3.50. The Morgan fingerprint density at radius 3 is 2.53 bits per heavy atom. The fourth-order valence-corrected chi connectivity index (χ4v) is 1.90. The summed E-state index contributed by atoms with van der Waals surface area (Å²) in [4.78, 5) is 18.4. The van der Waals surface area contributed by atoms with Gasteiger partial charge in [-0.05, 0) is 39.1 Å². The van der Waals surface area contributed by atoms with Crippen LogP contribution < -0.4 is 11.1 Å².